The number of halogens is 3. The maximum absolute atomic E-state index is 12.9. The molecular weight excluding hydrogens is 279 g/mol. The van der Waals surface area contributed by atoms with Crippen LogP contribution in [0.2, 0.25) is 0 Å². The number of hydrogen-bond donors (Lipinski definition) is 1. The monoisotopic (exact) mass is 289 g/mol. The first-order valence-electron chi connectivity index (χ1n) is 6.20. The summed E-state index contributed by atoms with van der Waals surface area (Å²) in [5.41, 5.74) is 0.363. The van der Waals surface area contributed by atoms with Crippen molar-refractivity contribution in [2.75, 3.05) is 0 Å². The number of para-hydroxylation sites is 1. The van der Waals surface area contributed by atoms with Crippen LogP contribution < -0.4 is 0 Å². The quantitative estimate of drug-likeness (QED) is 0.596. The van der Waals surface area contributed by atoms with E-state index in [9.17, 15) is 13.2 Å². The molecule has 2 aromatic carbocycles. The fourth-order valence-electron chi connectivity index (χ4n) is 2.05. The Morgan fingerprint density at radius 3 is 2.29 bits per heavy atom. The van der Waals surface area contributed by atoms with Crippen LogP contribution in [0.5, 0.6) is 0 Å². The minimum atomic E-state index is -4.45. The van der Waals surface area contributed by atoms with Crippen LogP contribution in [0.25, 0.3) is 10.9 Å². The van der Waals surface area contributed by atoms with Crippen LogP contribution in [0.1, 0.15) is 5.56 Å². The van der Waals surface area contributed by atoms with E-state index in [-0.39, 0.29) is 5.69 Å². The number of hydrogen-bond acceptors (Lipinski definition) is 2. The molecule has 0 aliphatic rings. The summed E-state index contributed by atoms with van der Waals surface area (Å²) >= 11 is 0. The highest BCUT2D eigenvalue weighted by atomic mass is 19.4. The lowest BCUT2D eigenvalue weighted by Crippen LogP contribution is -2.04. The van der Waals surface area contributed by atoms with E-state index in [1.165, 1.54) is 18.2 Å². The van der Waals surface area contributed by atoms with Gasteiger partial charge in [0, 0.05) is 17.1 Å². The van der Waals surface area contributed by atoms with Gasteiger partial charge in [-0.25, -0.2) is 0 Å². The molecule has 0 atom stereocenters. The maximum Gasteiger partial charge on any atom is 0.418 e. The third-order valence-corrected chi connectivity index (χ3v) is 3.04. The van der Waals surface area contributed by atoms with E-state index in [1.807, 2.05) is 24.3 Å². The Bertz CT molecular complexity index is 803. The van der Waals surface area contributed by atoms with E-state index in [2.05, 4.69) is 15.2 Å². The zero-order valence-electron chi connectivity index (χ0n) is 10.7. The number of aromatic amines is 1. The number of rotatable bonds is 2. The van der Waals surface area contributed by atoms with Gasteiger partial charge in [0.15, 0.2) is 0 Å². The lowest BCUT2D eigenvalue weighted by molar-refractivity contribution is -0.137. The predicted molar refractivity (Wildman–Crippen MR) is 73.9 cm³/mol. The summed E-state index contributed by atoms with van der Waals surface area (Å²) in [6, 6.07) is 12.5. The van der Waals surface area contributed by atoms with E-state index >= 15 is 0 Å². The van der Waals surface area contributed by atoms with Gasteiger partial charge in [-0.2, -0.15) is 13.2 Å². The van der Waals surface area contributed by atoms with E-state index in [0.717, 1.165) is 17.0 Å². The minimum Gasteiger partial charge on any atom is -0.359 e. The van der Waals surface area contributed by atoms with Crippen LogP contribution in [0.4, 0.5) is 24.5 Å². The summed E-state index contributed by atoms with van der Waals surface area (Å²) in [6.07, 6.45) is -2.83. The average molecular weight is 289 g/mol. The molecule has 1 N–H and O–H groups in total. The Balaban J connectivity index is 2.01. The molecule has 3 nitrogen and oxygen atoms in total. The molecule has 0 aliphatic heterocycles. The first kappa shape index (κ1) is 13.4. The Labute approximate surface area is 118 Å². The van der Waals surface area contributed by atoms with Crippen molar-refractivity contribution in [1.82, 2.24) is 4.98 Å². The topological polar surface area (TPSA) is 40.5 Å². The molecule has 0 saturated carbocycles. The van der Waals surface area contributed by atoms with Crippen molar-refractivity contribution in [2.45, 2.75) is 6.18 Å². The number of nitrogens with zero attached hydrogens (tertiary/aromatic N) is 2. The highest BCUT2D eigenvalue weighted by molar-refractivity contribution is 5.90. The summed E-state index contributed by atoms with van der Waals surface area (Å²) < 4.78 is 38.6. The van der Waals surface area contributed by atoms with Crippen LogP contribution >= 0.6 is 0 Å². The molecule has 0 bridgehead atoms. The van der Waals surface area contributed by atoms with Gasteiger partial charge < -0.3 is 4.98 Å². The van der Waals surface area contributed by atoms with Gasteiger partial charge in [-0.3, -0.25) is 0 Å². The summed E-state index contributed by atoms with van der Waals surface area (Å²) in [4.78, 5) is 2.99. The zero-order chi connectivity index (χ0) is 14.9. The Morgan fingerprint density at radius 1 is 0.810 bits per heavy atom. The van der Waals surface area contributed by atoms with Crippen LogP contribution in [-0.4, -0.2) is 4.98 Å². The van der Waals surface area contributed by atoms with Crippen molar-refractivity contribution < 1.29 is 13.2 Å². The van der Waals surface area contributed by atoms with E-state index in [4.69, 9.17) is 0 Å². The second-order valence-corrected chi connectivity index (χ2v) is 4.43. The van der Waals surface area contributed by atoms with Gasteiger partial charge in [-0.15, -0.1) is 10.2 Å². The molecule has 1 heterocycles. The van der Waals surface area contributed by atoms with Crippen molar-refractivity contribution in [1.29, 1.82) is 0 Å². The highest BCUT2D eigenvalue weighted by Crippen LogP contribution is 2.37. The SMILES string of the molecule is FC(F)(F)c1ccccc1/N=N/c1c[nH]c2ccccc12. The molecule has 1 aromatic heterocycles. The van der Waals surface area contributed by atoms with E-state index in [0.29, 0.717) is 5.69 Å². The lowest BCUT2D eigenvalue weighted by atomic mass is 10.2. The van der Waals surface area contributed by atoms with Crippen molar-refractivity contribution in [3.05, 3.63) is 60.3 Å². The molecule has 0 amide bonds. The molecule has 21 heavy (non-hydrogen) atoms. The van der Waals surface area contributed by atoms with Gasteiger partial charge in [0.25, 0.3) is 0 Å². The van der Waals surface area contributed by atoms with E-state index < -0.39 is 11.7 Å². The average Bonchev–Trinajstić information content (AvgIpc) is 2.88. The standard InChI is InChI=1S/C15H10F3N3/c16-15(17,18)11-6-2-4-8-13(11)20-21-14-9-19-12-7-3-1-5-10(12)14/h1-9,19H/b21-20+. The summed E-state index contributed by atoms with van der Waals surface area (Å²) in [5, 5.41) is 8.49. The Hall–Kier alpha value is -2.63. The van der Waals surface area contributed by atoms with Crippen LogP contribution in [0, 0.1) is 0 Å². The van der Waals surface area contributed by atoms with Gasteiger partial charge >= 0.3 is 6.18 Å². The molecule has 0 unspecified atom stereocenters. The number of azo groups is 1. The minimum absolute atomic E-state index is 0.199. The first-order chi connectivity index (χ1) is 10.1. The van der Waals surface area contributed by atoms with Crippen molar-refractivity contribution in [2.24, 2.45) is 10.2 Å². The van der Waals surface area contributed by atoms with Gasteiger partial charge in [0.2, 0.25) is 0 Å². The number of nitrogens with one attached hydrogen (secondary N) is 1. The van der Waals surface area contributed by atoms with Crippen molar-refractivity contribution >= 4 is 22.3 Å². The van der Waals surface area contributed by atoms with Crippen LogP contribution in [0.15, 0.2) is 65.0 Å². The number of H-pyrrole nitrogens is 1. The molecule has 6 heteroatoms. The van der Waals surface area contributed by atoms with Gasteiger partial charge in [0.1, 0.15) is 5.69 Å². The number of alkyl halides is 3. The molecule has 3 aromatic rings. The van der Waals surface area contributed by atoms with Crippen LogP contribution in [-0.2, 0) is 6.18 Å². The van der Waals surface area contributed by atoms with Crippen molar-refractivity contribution in [3.63, 3.8) is 0 Å². The predicted octanol–water partition coefficient (Wildman–Crippen LogP) is 5.60. The molecule has 0 radical (unpaired) electrons. The summed E-state index contributed by atoms with van der Waals surface area (Å²) in [5.74, 6) is 0. The maximum atomic E-state index is 12.9. The highest BCUT2D eigenvalue weighted by Gasteiger charge is 2.33. The molecule has 0 fully saturated rings. The first-order valence-corrected chi connectivity index (χ1v) is 6.20. The summed E-state index contributed by atoms with van der Waals surface area (Å²) in [6.45, 7) is 0. The molecule has 106 valence electrons. The second kappa shape index (κ2) is 5.05. The Morgan fingerprint density at radius 2 is 1.48 bits per heavy atom. The fourth-order valence-corrected chi connectivity index (χ4v) is 2.05. The molecule has 0 spiro atoms. The molecule has 0 aliphatic carbocycles. The number of fused-ring (bicyclic) bond motifs is 1. The molecule has 3 rings (SSSR count). The number of aromatic nitrogens is 1. The van der Waals surface area contributed by atoms with E-state index in [1.54, 1.807) is 6.20 Å². The zero-order valence-corrected chi connectivity index (χ0v) is 10.7. The third-order valence-electron chi connectivity index (χ3n) is 3.04. The molecular formula is C15H10F3N3. The van der Waals surface area contributed by atoms with Gasteiger partial charge in [0.05, 0.1) is 11.3 Å². The van der Waals surface area contributed by atoms with Gasteiger partial charge in [-0.05, 0) is 18.2 Å². The second-order valence-electron chi connectivity index (χ2n) is 4.43. The van der Waals surface area contributed by atoms with Crippen LogP contribution in [0.3, 0.4) is 0 Å². The largest absolute Gasteiger partial charge is 0.418 e. The normalized spacial score (nSPS) is 12.3. The van der Waals surface area contributed by atoms with Gasteiger partial charge in [-0.1, -0.05) is 30.3 Å². The molecule has 0 saturated heterocycles. The fraction of sp³-hybridized carbons (Fsp3) is 0.0667. The number of benzene rings is 2. The Kier molecular flexibility index (Phi) is 3.21. The van der Waals surface area contributed by atoms with Crippen molar-refractivity contribution in [3.8, 4) is 0 Å². The summed E-state index contributed by atoms with van der Waals surface area (Å²) in [7, 11) is 0. The lowest BCUT2D eigenvalue weighted by Gasteiger charge is -2.08. The third kappa shape index (κ3) is 2.65. The smallest absolute Gasteiger partial charge is 0.359 e.